The van der Waals surface area contributed by atoms with Crippen molar-refractivity contribution in [3.05, 3.63) is 35.9 Å². The molecular formula is C16H21NO3. The zero-order chi connectivity index (χ0) is 14.4. The fraction of sp³-hybridized carbons (Fsp3) is 0.500. The van der Waals surface area contributed by atoms with Crippen LogP contribution in [0.25, 0.3) is 0 Å². The zero-order valence-electron chi connectivity index (χ0n) is 11.9. The molecule has 108 valence electrons. The van der Waals surface area contributed by atoms with Gasteiger partial charge < -0.3 is 9.64 Å². The molecule has 1 aliphatic carbocycles. The molecule has 0 aliphatic heterocycles. The van der Waals surface area contributed by atoms with Gasteiger partial charge in [0.25, 0.3) is 0 Å². The summed E-state index contributed by atoms with van der Waals surface area (Å²) >= 11 is 0. The summed E-state index contributed by atoms with van der Waals surface area (Å²) in [4.78, 5) is 25.7. The van der Waals surface area contributed by atoms with Crippen molar-refractivity contribution in [3.8, 4) is 0 Å². The van der Waals surface area contributed by atoms with Gasteiger partial charge in [0.1, 0.15) is 6.54 Å². The first-order chi connectivity index (χ1) is 9.70. The third-order valence-corrected chi connectivity index (χ3v) is 3.81. The maximum absolute atomic E-state index is 12.5. The van der Waals surface area contributed by atoms with Crippen LogP contribution in [0.3, 0.4) is 0 Å². The molecular weight excluding hydrogens is 254 g/mol. The fourth-order valence-electron chi connectivity index (χ4n) is 2.71. The first kappa shape index (κ1) is 14.6. The van der Waals surface area contributed by atoms with Crippen molar-refractivity contribution in [1.82, 2.24) is 4.90 Å². The number of hydrogen-bond donors (Lipinski definition) is 0. The summed E-state index contributed by atoms with van der Waals surface area (Å²) in [5.74, 6) is -0.341. The van der Waals surface area contributed by atoms with Gasteiger partial charge in [0.05, 0.1) is 13.5 Å². The van der Waals surface area contributed by atoms with E-state index in [2.05, 4.69) is 0 Å². The number of carbonyl (C=O) groups excluding carboxylic acids is 2. The van der Waals surface area contributed by atoms with Crippen LogP contribution in [-0.4, -0.2) is 36.5 Å². The van der Waals surface area contributed by atoms with Crippen molar-refractivity contribution in [2.24, 2.45) is 0 Å². The van der Waals surface area contributed by atoms with Crippen LogP contribution < -0.4 is 0 Å². The number of nitrogens with zero attached hydrogens (tertiary/aromatic N) is 1. The fourth-order valence-corrected chi connectivity index (χ4v) is 2.71. The molecule has 20 heavy (non-hydrogen) atoms. The van der Waals surface area contributed by atoms with Crippen molar-refractivity contribution < 1.29 is 14.3 Å². The Labute approximate surface area is 119 Å². The van der Waals surface area contributed by atoms with Crippen LogP contribution in [-0.2, 0) is 20.7 Å². The maximum atomic E-state index is 12.5. The number of hydrogen-bond acceptors (Lipinski definition) is 3. The molecule has 0 N–H and O–H groups in total. The number of esters is 1. The van der Waals surface area contributed by atoms with Crippen LogP contribution in [0.1, 0.15) is 31.2 Å². The SMILES string of the molecule is COC(=O)CN(C(=O)Cc1ccccc1)C1CCCC1. The molecule has 1 aromatic rings. The van der Waals surface area contributed by atoms with E-state index in [4.69, 9.17) is 4.74 Å². The standard InChI is InChI=1S/C16H21NO3/c1-20-16(19)12-17(14-9-5-6-10-14)15(18)11-13-7-3-2-4-8-13/h2-4,7-8,14H,5-6,9-12H2,1H3. The Balaban J connectivity index is 2.04. The van der Waals surface area contributed by atoms with Gasteiger partial charge in [0, 0.05) is 6.04 Å². The Morgan fingerprint density at radius 3 is 2.45 bits per heavy atom. The van der Waals surface area contributed by atoms with Crippen LogP contribution in [0.2, 0.25) is 0 Å². The average molecular weight is 275 g/mol. The molecule has 0 spiro atoms. The van der Waals surface area contributed by atoms with E-state index in [0.29, 0.717) is 6.42 Å². The summed E-state index contributed by atoms with van der Waals surface area (Å²) in [6.07, 6.45) is 4.56. The highest BCUT2D eigenvalue weighted by atomic mass is 16.5. The second-order valence-corrected chi connectivity index (χ2v) is 5.20. The van der Waals surface area contributed by atoms with Gasteiger partial charge in [-0.2, -0.15) is 0 Å². The minimum atomic E-state index is -0.349. The first-order valence-electron chi connectivity index (χ1n) is 7.11. The second kappa shape index (κ2) is 7.08. The van der Waals surface area contributed by atoms with E-state index in [-0.39, 0.29) is 24.5 Å². The van der Waals surface area contributed by atoms with Crippen molar-refractivity contribution in [3.63, 3.8) is 0 Å². The smallest absolute Gasteiger partial charge is 0.325 e. The molecule has 0 radical (unpaired) electrons. The Bertz CT molecular complexity index is 452. The monoisotopic (exact) mass is 275 g/mol. The van der Waals surface area contributed by atoms with Gasteiger partial charge in [-0.3, -0.25) is 9.59 Å². The highest BCUT2D eigenvalue weighted by molar-refractivity contribution is 5.83. The lowest BCUT2D eigenvalue weighted by atomic mass is 10.1. The van der Waals surface area contributed by atoms with Gasteiger partial charge in [0.15, 0.2) is 0 Å². The number of benzene rings is 1. The van der Waals surface area contributed by atoms with Crippen molar-refractivity contribution in [2.45, 2.75) is 38.1 Å². The van der Waals surface area contributed by atoms with Gasteiger partial charge >= 0.3 is 5.97 Å². The van der Waals surface area contributed by atoms with Gasteiger partial charge in [0.2, 0.25) is 5.91 Å². The summed E-state index contributed by atoms with van der Waals surface area (Å²) in [7, 11) is 1.36. The van der Waals surface area contributed by atoms with E-state index in [1.54, 1.807) is 4.90 Å². The molecule has 4 heteroatoms. The summed E-state index contributed by atoms with van der Waals surface area (Å²) in [6.45, 7) is 0.0623. The van der Waals surface area contributed by atoms with Gasteiger partial charge in [-0.25, -0.2) is 0 Å². The van der Waals surface area contributed by atoms with Crippen molar-refractivity contribution in [2.75, 3.05) is 13.7 Å². The number of rotatable bonds is 5. The molecule has 1 amide bonds. The summed E-state index contributed by atoms with van der Waals surface area (Å²) in [6, 6.07) is 9.82. The predicted molar refractivity (Wildman–Crippen MR) is 76.1 cm³/mol. The molecule has 1 aromatic carbocycles. The summed E-state index contributed by atoms with van der Waals surface area (Å²) in [5.41, 5.74) is 0.977. The van der Waals surface area contributed by atoms with E-state index in [1.165, 1.54) is 7.11 Å². The molecule has 2 rings (SSSR count). The normalized spacial score (nSPS) is 15.1. The van der Waals surface area contributed by atoms with E-state index in [0.717, 1.165) is 31.2 Å². The highest BCUT2D eigenvalue weighted by Gasteiger charge is 2.28. The summed E-state index contributed by atoms with van der Waals surface area (Å²) < 4.78 is 4.71. The number of methoxy groups -OCH3 is 1. The number of ether oxygens (including phenoxy) is 1. The van der Waals surface area contributed by atoms with Crippen molar-refractivity contribution >= 4 is 11.9 Å². The molecule has 1 fully saturated rings. The summed E-state index contributed by atoms with van der Waals surface area (Å²) in [5, 5.41) is 0. The number of carbonyl (C=O) groups is 2. The highest BCUT2D eigenvalue weighted by Crippen LogP contribution is 2.24. The third-order valence-electron chi connectivity index (χ3n) is 3.81. The Kier molecular flexibility index (Phi) is 5.16. The van der Waals surface area contributed by atoms with Crippen LogP contribution in [0.4, 0.5) is 0 Å². The van der Waals surface area contributed by atoms with Crippen molar-refractivity contribution in [1.29, 1.82) is 0 Å². The Morgan fingerprint density at radius 1 is 1.20 bits per heavy atom. The molecule has 0 heterocycles. The zero-order valence-corrected chi connectivity index (χ0v) is 11.9. The van der Waals surface area contributed by atoms with E-state index in [1.807, 2.05) is 30.3 Å². The van der Waals surface area contributed by atoms with Crippen LogP contribution in [0, 0.1) is 0 Å². The molecule has 1 saturated carbocycles. The van der Waals surface area contributed by atoms with E-state index < -0.39 is 0 Å². The Morgan fingerprint density at radius 2 is 1.85 bits per heavy atom. The van der Waals surface area contributed by atoms with Gasteiger partial charge in [-0.15, -0.1) is 0 Å². The quantitative estimate of drug-likeness (QED) is 0.774. The molecule has 0 bridgehead atoms. The third kappa shape index (κ3) is 3.83. The maximum Gasteiger partial charge on any atom is 0.325 e. The molecule has 0 aromatic heterocycles. The van der Waals surface area contributed by atoms with Gasteiger partial charge in [-0.1, -0.05) is 43.2 Å². The Hall–Kier alpha value is -1.84. The molecule has 0 unspecified atom stereocenters. The predicted octanol–water partition coefficient (Wildman–Crippen LogP) is 2.17. The minimum Gasteiger partial charge on any atom is -0.468 e. The van der Waals surface area contributed by atoms with Crippen LogP contribution >= 0.6 is 0 Å². The average Bonchev–Trinajstić information content (AvgIpc) is 2.99. The topological polar surface area (TPSA) is 46.6 Å². The largest absolute Gasteiger partial charge is 0.468 e. The van der Waals surface area contributed by atoms with Crippen LogP contribution in [0.5, 0.6) is 0 Å². The molecule has 1 aliphatic rings. The number of amides is 1. The second-order valence-electron chi connectivity index (χ2n) is 5.20. The van der Waals surface area contributed by atoms with E-state index >= 15 is 0 Å². The van der Waals surface area contributed by atoms with Crippen LogP contribution in [0.15, 0.2) is 30.3 Å². The molecule has 0 atom stereocenters. The minimum absolute atomic E-state index is 0.00787. The van der Waals surface area contributed by atoms with Gasteiger partial charge in [-0.05, 0) is 18.4 Å². The molecule has 0 saturated heterocycles. The lowest BCUT2D eigenvalue weighted by Crippen LogP contribution is -2.43. The van der Waals surface area contributed by atoms with E-state index in [9.17, 15) is 9.59 Å². The lowest BCUT2D eigenvalue weighted by molar-refractivity contribution is -0.148. The first-order valence-corrected chi connectivity index (χ1v) is 7.11. The molecule has 4 nitrogen and oxygen atoms in total. The lowest BCUT2D eigenvalue weighted by Gasteiger charge is -2.28.